The van der Waals surface area contributed by atoms with Crippen LogP contribution in [0.1, 0.15) is 20.7 Å². The molecule has 4 N–H and O–H groups in total. The first kappa shape index (κ1) is 15.1. The summed E-state index contributed by atoms with van der Waals surface area (Å²) in [5, 5.41) is 5.45. The Bertz CT molecular complexity index is 820. The van der Waals surface area contributed by atoms with Gasteiger partial charge in [-0.3, -0.25) is 14.4 Å². The third-order valence-electron chi connectivity index (χ3n) is 3.28. The van der Waals surface area contributed by atoms with Gasteiger partial charge in [-0.1, -0.05) is 6.07 Å². The number of hydrogen-bond acceptors (Lipinski definition) is 4. The molecule has 0 unspecified atom stereocenters. The fourth-order valence-corrected chi connectivity index (χ4v) is 2.97. The zero-order chi connectivity index (χ0) is 16.4. The van der Waals surface area contributed by atoms with Crippen molar-refractivity contribution in [3.63, 3.8) is 0 Å². The molecule has 0 fully saturated rings. The standard InChI is InChI=1S/C16H13N3O3S/c17-15(21)9-2-1-3-11(6-9)18-16(22)10-4-5-13-12(7-10)19-14(20)8-23-13/h1-7H,8H2,(H2,17,21)(H,18,22)(H,19,20). The number of benzene rings is 2. The second kappa shape index (κ2) is 6.13. The second-order valence-electron chi connectivity index (χ2n) is 4.95. The van der Waals surface area contributed by atoms with Gasteiger partial charge in [0.2, 0.25) is 11.8 Å². The quantitative estimate of drug-likeness (QED) is 0.803. The maximum atomic E-state index is 12.3. The summed E-state index contributed by atoms with van der Waals surface area (Å²) in [4.78, 5) is 35.8. The lowest BCUT2D eigenvalue weighted by Crippen LogP contribution is -2.20. The normalized spacial score (nSPS) is 13.0. The van der Waals surface area contributed by atoms with Gasteiger partial charge in [0, 0.05) is 21.7 Å². The fraction of sp³-hybridized carbons (Fsp3) is 0.0625. The molecule has 0 bridgehead atoms. The van der Waals surface area contributed by atoms with Crippen molar-refractivity contribution in [1.82, 2.24) is 0 Å². The van der Waals surface area contributed by atoms with Gasteiger partial charge in [0.15, 0.2) is 0 Å². The highest BCUT2D eigenvalue weighted by molar-refractivity contribution is 8.00. The number of carbonyl (C=O) groups excluding carboxylic acids is 3. The summed E-state index contributed by atoms with van der Waals surface area (Å²) in [7, 11) is 0. The van der Waals surface area contributed by atoms with Gasteiger partial charge in [-0.2, -0.15) is 0 Å². The summed E-state index contributed by atoms with van der Waals surface area (Å²) in [6, 6.07) is 11.5. The highest BCUT2D eigenvalue weighted by Crippen LogP contribution is 2.32. The molecule has 116 valence electrons. The van der Waals surface area contributed by atoms with Gasteiger partial charge in [0.25, 0.3) is 5.91 Å². The molecule has 6 nitrogen and oxygen atoms in total. The Morgan fingerprint density at radius 3 is 2.74 bits per heavy atom. The zero-order valence-corrected chi connectivity index (χ0v) is 12.8. The van der Waals surface area contributed by atoms with E-state index >= 15 is 0 Å². The first-order valence-corrected chi connectivity index (χ1v) is 7.79. The molecule has 1 aliphatic rings. The van der Waals surface area contributed by atoms with Gasteiger partial charge < -0.3 is 16.4 Å². The van der Waals surface area contributed by atoms with Crippen molar-refractivity contribution in [2.75, 3.05) is 16.4 Å². The van der Waals surface area contributed by atoms with E-state index in [1.54, 1.807) is 36.4 Å². The molecule has 1 heterocycles. The molecule has 23 heavy (non-hydrogen) atoms. The predicted octanol–water partition coefficient (Wildman–Crippen LogP) is 2.08. The van der Waals surface area contributed by atoms with Gasteiger partial charge in [-0.15, -0.1) is 11.8 Å². The third kappa shape index (κ3) is 3.35. The average molecular weight is 327 g/mol. The van der Waals surface area contributed by atoms with Crippen molar-refractivity contribution in [3.8, 4) is 0 Å². The summed E-state index contributed by atoms with van der Waals surface area (Å²) in [6.07, 6.45) is 0. The highest BCUT2D eigenvalue weighted by Gasteiger charge is 2.17. The van der Waals surface area contributed by atoms with Crippen LogP contribution in [0, 0.1) is 0 Å². The number of primary amides is 1. The number of rotatable bonds is 3. The molecule has 0 atom stereocenters. The van der Waals surface area contributed by atoms with Crippen LogP contribution < -0.4 is 16.4 Å². The number of carbonyl (C=O) groups is 3. The SMILES string of the molecule is NC(=O)c1cccc(NC(=O)c2ccc3c(c2)NC(=O)CS3)c1. The van der Waals surface area contributed by atoms with E-state index < -0.39 is 5.91 Å². The molecule has 0 aromatic heterocycles. The smallest absolute Gasteiger partial charge is 0.255 e. The van der Waals surface area contributed by atoms with Crippen LogP contribution in [0.2, 0.25) is 0 Å². The van der Waals surface area contributed by atoms with Crippen LogP contribution in [0.5, 0.6) is 0 Å². The number of thioether (sulfide) groups is 1. The van der Waals surface area contributed by atoms with Crippen molar-refractivity contribution in [2.24, 2.45) is 5.73 Å². The maximum absolute atomic E-state index is 12.3. The third-order valence-corrected chi connectivity index (χ3v) is 4.35. The molecule has 3 rings (SSSR count). The topological polar surface area (TPSA) is 101 Å². The zero-order valence-electron chi connectivity index (χ0n) is 12.0. The van der Waals surface area contributed by atoms with E-state index in [1.165, 1.54) is 17.8 Å². The number of anilines is 2. The van der Waals surface area contributed by atoms with Gasteiger partial charge >= 0.3 is 0 Å². The Morgan fingerprint density at radius 1 is 1.13 bits per heavy atom. The van der Waals surface area contributed by atoms with E-state index in [2.05, 4.69) is 10.6 Å². The monoisotopic (exact) mass is 327 g/mol. The number of nitrogens with two attached hydrogens (primary N) is 1. The van der Waals surface area contributed by atoms with Crippen molar-refractivity contribution in [1.29, 1.82) is 0 Å². The number of hydrogen-bond donors (Lipinski definition) is 3. The largest absolute Gasteiger partial charge is 0.366 e. The van der Waals surface area contributed by atoms with Gasteiger partial charge in [0.05, 0.1) is 11.4 Å². The van der Waals surface area contributed by atoms with Gasteiger partial charge in [0.1, 0.15) is 0 Å². The molecule has 7 heteroatoms. The van der Waals surface area contributed by atoms with Crippen molar-refractivity contribution >= 4 is 40.9 Å². The summed E-state index contributed by atoms with van der Waals surface area (Å²) in [6.45, 7) is 0. The summed E-state index contributed by atoms with van der Waals surface area (Å²) in [5.41, 5.74) is 7.05. The molecule has 0 saturated heterocycles. The molecular weight excluding hydrogens is 314 g/mol. The van der Waals surface area contributed by atoms with E-state index in [4.69, 9.17) is 5.73 Å². The Labute approximate surface area is 136 Å². The van der Waals surface area contributed by atoms with Crippen molar-refractivity contribution in [3.05, 3.63) is 53.6 Å². The number of fused-ring (bicyclic) bond motifs is 1. The Balaban J connectivity index is 1.81. The van der Waals surface area contributed by atoms with Crippen LogP contribution in [0.4, 0.5) is 11.4 Å². The van der Waals surface area contributed by atoms with Gasteiger partial charge in [-0.05, 0) is 36.4 Å². The lowest BCUT2D eigenvalue weighted by Gasteiger charge is -2.17. The van der Waals surface area contributed by atoms with E-state index in [0.29, 0.717) is 28.3 Å². The van der Waals surface area contributed by atoms with Crippen LogP contribution in [0.15, 0.2) is 47.4 Å². The van der Waals surface area contributed by atoms with Crippen LogP contribution in [-0.2, 0) is 4.79 Å². The fourth-order valence-electron chi connectivity index (χ4n) is 2.18. The van der Waals surface area contributed by atoms with Crippen molar-refractivity contribution < 1.29 is 14.4 Å². The number of nitrogens with one attached hydrogen (secondary N) is 2. The minimum absolute atomic E-state index is 0.0887. The first-order chi connectivity index (χ1) is 11.0. The van der Waals surface area contributed by atoms with E-state index in [9.17, 15) is 14.4 Å². The van der Waals surface area contributed by atoms with Crippen LogP contribution in [-0.4, -0.2) is 23.5 Å². The first-order valence-electron chi connectivity index (χ1n) is 6.81. The summed E-state index contributed by atoms with van der Waals surface area (Å²) >= 11 is 1.43. The van der Waals surface area contributed by atoms with Crippen LogP contribution >= 0.6 is 11.8 Å². The maximum Gasteiger partial charge on any atom is 0.255 e. The number of amides is 3. The van der Waals surface area contributed by atoms with E-state index in [0.717, 1.165) is 4.90 Å². The summed E-state index contributed by atoms with van der Waals surface area (Å²) < 4.78 is 0. The highest BCUT2D eigenvalue weighted by atomic mass is 32.2. The molecular formula is C16H13N3O3S. The molecule has 3 amide bonds. The molecule has 1 aliphatic heterocycles. The Hall–Kier alpha value is -2.80. The minimum atomic E-state index is -0.561. The molecule has 2 aromatic rings. The van der Waals surface area contributed by atoms with E-state index in [-0.39, 0.29) is 11.8 Å². The predicted molar refractivity (Wildman–Crippen MR) is 88.7 cm³/mol. The van der Waals surface area contributed by atoms with Gasteiger partial charge in [-0.25, -0.2) is 0 Å². The lowest BCUT2D eigenvalue weighted by molar-refractivity contribution is -0.113. The second-order valence-corrected chi connectivity index (χ2v) is 5.96. The molecule has 0 radical (unpaired) electrons. The van der Waals surface area contributed by atoms with Crippen LogP contribution in [0.3, 0.4) is 0 Å². The summed E-state index contributed by atoms with van der Waals surface area (Å²) in [5.74, 6) is -0.610. The van der Waals surface area contributed by atoms with Crippen molar-refractivity contribution in [2.45, 2.75) is 4.90 Å². The van der Waals surface area contributed by atoms with Crippen LogP contribution in [0.25, 0.3) is 0 Å². The Morgan fingerprint density at radius 2 is 1.96 bits per heavy atom. The molecule has 0 saturated carbocycles. The average Bonchev–Trinajstić information content (AvgIpc) is 2.54. The molecule has 2 aromatic carbocycles. The van der Waals surface area contributed by atoms with E-state index in [1.807, 2.05) is 0 Å². The minimum Gasteiger partial charge on any atom is -0.366 e. The lowest BCUT2D eigenvalue weighted by atomic mass is 10.1. The molecule has 0 aliphatic carbocycles. The Kier molecular flexibility index (Phi) is 4.03. The molecule has 0 spiro atoms.